The standard InChI is InChI=1S/C17H13F2NO5/c18-12-6-11(7-13(19)8-12)15(21)20-14(17(24)25)5-9-1-3-10(4-2-9)16(22)23/h1-4,6-8,14H,5H2,(H,20,21)(H,22,23)(H,24,25)/t14-/m0/s1. The number of carboxylic acids is 2. The molecule has 8 heteroatoms. The van der Waals surface area contributed by atoms with Gasteiger partial charge in [-0.1, -0.05) is 12.1 Å². The first kappa shape index (κ1) is 18.1. The summed E-state index contributed by atoms with van der Waals surface area (Å²) in [6.45, 7) is 0. The number of benzene rings is 2. The second-order valence-electron chi connectivity index (χ2n) is 5.23. The van der Waals surface area contributed by atoms with Gasteiger partial charge in [-0.3, -0.25) is 4.79 Å². The molecule has 0 aliphatic rings. The molecule has 0 aromatic heterocycles. The van der Waals surface area contributed by atoms with Crippen molar-refractivity contribution in [2.24, 2.45) is 0 Å². The molecule has 0 saturated carbocycles. The summed E-state index contributed by atoms with van der Waals surface area (Å²) in [6, 6.07) is 6.28. The van der Waals surface area contributed by atoms with Crippen LogP contribution in [0.3, 0.4) is 0 Å². The van der Waals surface area contributed by atoms with Crippen LogP contribution in [0.15, 0.2) is 42.5 Å². The third-order valence-corrected chi connectivity index (χ3v) is 3.37. The van der Waals surface area contributed by atoms with Crippen LogP contribution in [0.4, 0.5) is 8.78 Å². The topological polar surface area (TPSA) is 104 Å². The minimum Gasteiger partial charge on any atom is -0.480 e. The van der Waals surface area contributed by atoms with Gasteiger partial charge in [0.2, 0.25) is 0 Å². The molecule has 130 valence electrons. The number of amides is 1. The van der Waals surface area contributed by atoms with Gasteiger partial charge in [0, 0.05) is 18.1 Å². The molecule has 3 N–H and O–H groups in total. The second kappa shape index (κ2) is 7.52. The summed E-state index contributed by atoms with van der Waals surface area (Å²) in [7, 11) is 0. The summed E-state index contributed by atoms with van der Waals surface area (Å²) in [4.78, 5) is 34.1. The Morgan fingerprint density at radius 2 is 1.48 bits per heavy atom. The van der Waals surface area contributed by atoms with Crippen molar-refractivity contribution in [3.05, 3.63) is 70.8 Å². The zero-order valence-corrected chi connectivity index (χ0v) is 12.7. The van der Waals surface area contributed by atoms with Gasteiger partial charge >= 0.3 is 11.9 Å². The van der Waals surface area contributed by atoms with E-state index in [1.54, 1.807) is 0 Å². The van der Waals surface area contributed by atoms with Crippen LogP contribution in [0.2, 0.25) is 0 Å². The maximum absolute atomic E-state index is 13.1. The van der Waals surface area contributed by atoms with Crippen molar-refractivity contribution in [1.82, 2.24) is 5.32 Å². The molecule has 0 heterocycles. The first-order chi connectivity index (χ1) is 11.8. The van der Waals surface area contributed by atoms with E-state index < -0.39 is 35.5 Å². The predicted octanol–water partition coefficient (Wildman–Crippen LogP) is 2.09. The molecule has 1 atom stereocenters. The Labute approximate surface area is 140 Å². The third kappa shape index (κ3) is 4.84. The zero-order chi connectivity index (χ0) is 18.6. The number of nitrogens with one attached hydrogen (secondary N) is 1. The lowest BCUT2D eigenvalue weighted by molar-refractivity contribution is -0.139. The number of aliphatic carboxylic acids is 1. The fraction of sp³-hybridized carbons (Fsp3) is 0.118. The van der Waals surface area contributed by atoms with Crippen LogP contribution in [-0.2, 0) is 11.2 Å². The molecule has 0 radical (unpaired) electrons. The first-order valence-corrected chi connectivity index (χ1v) is 7.08. The summed E-state index contributed by atoms with van der Waals surface area (Å²) < 4.78 is 26.3. The Bertz CT molecular complexity index is 800. The van der Waals surface area contributed by atoms with Gasteiger partial charge in [0.15, 0.2) is 0 Å². The largest absolute Gasteiger partial charge is 0.480 e. The van der Waals surface area contributed by atoms with E-state index in [-0.39, 0.29) is 17.5 Å². The van der Waals surface area contributed by atoms with E-state index in [9.17, 15) is 28.3 Å². The fourth-order valence-electron chi connectivity index (χ4n) is 2.15. The molecular weight excluding hydrogens is 336 g/mol. The van der Waals surface area contributed by atoms with Crippen molar-refractivity contribution in [3.8, 4) is 0 Å². The Kier molecular flexibility index (Phi) is 5.43. The monoisotopic (exact) mass is 349 g/mol. The smallest absolute Gasteiger partial charge is 0.335 e. The van der Waals surface area contributed by atoms with Crippen molar-refractivity contribution >= 4 is 17.8 Å². The molecule has 0 aliphatic carbocycles. The summed E-state index contributed by atoms with van der Waals surface area (Å²) >= 11 is 0. The molecule has 2 rings (SSSR count). The molecule has 25 heavy (non-hydrogen) atoms. The van der Waals surface area contributed by atoms with Crippen LogP contribution in [0, 0.1) is 11.6 Å². The van der Waals surface area contributed by atoms with E-state index in [2.05, 4.69) is 5.32 Å². The van der Waals surface area contributed by atoms with Crippen LogP contribution < -0.4 is 5.32 Å². The van der Waals surface area contributed by atoms with Crippen molar-refractivity contribution < 1.29 is 33.4 Å². The van der Waals surface area contributed by atoms with Gasteiger partial charge in [0.1, 0.15) is 17.7 Å². The maximum Gasteiger partial charge on any atom is 0.335 e. The highest BCUT2D eigenvalue weighted by molar-refractivity contribution is 5.96. The molecular formula is C17H13F2NO5. The highest BCUT2D eigenvalue weighted by Crippen LogP contribution is 2.10. The summed E-state index contributed by atoms with van der Waals surface area (Å²) in [6.07, 6.45) is -0.126. The molecule has 6 nitrogen and oxygen atoms in total. The average molecular weight is 349 g/mol. The van der Waals surface area contributed by atoms with Crippen LogP contribution in [0.25, 0.3) is 0 Å². The van der Waals surface area contributed by atoms with Crippen molar-refractivity contribution in [3.63, 3.8) is 0 Å². The van der Waals surface area contributed by atoms with Crippen LogP contribution in [-0.4, -0.2) is 34.1 Å². The molecule has 0 bridgehead atoms. The van der Waals surface area contributed by atoms with E-state index >= 15 is 0 Å². The second-order valence-corrected chi connectivity index (χ2v) is 5.23. The Hall–Kier alpha value is -3.29. The number of halogens is 2. The maximum atomic E-state index is 13.1. The number of aromatic carboxylic acids is 1. The van der Waals surface area contributed by atoms with Crippen LogP contribution in [0.5, 0.6) is 0 Å². The SMILES string of the molecule is O=C(O)c1ccc(C[C@H](NC(=O)c2cc(F)cc(F)c2)C(=O)O)cc1. The van der Waals surface area contributed by atoms with E-state index in [0.717, 1.165) is 12.1 Å². The van der Waals surface area contributed by atoms with Crippen LogP contribution in [0.1, 0.15) is 26.3 Å². The minimum atomic E-state index is -1.35. The molecule has 2 aromatic carbocycles. The van der Waals surface area contributed by atoms with Crippen molar-refractivity contribution in [2.45, 2.75) is 12.5 Å². The predicted molar refractivity (Wildman–Crippen MR) is 82.4 cm³/mol. The highest BCUT2D eigenvalue weighted by atomic mass is 19.1. The van der Waals surface area contributed by atoms with Crippen LogP contribution >= 0.6 is 0 Å². The van der Waals surface area contributed by atoms with E-state index in [0.29, 0.717) is 11.6 Å². The van der Waals surface area contributed by atoms with Gasteiger partial charge in [-0.15, -0.1) is 0 Å². The summed E-state index contributed by atoms with van der Waals surface area (Å²) in [5.41, 5.74) is 0.169. The Morgan fingerprint density at radius 1 is 0.920 bits per heavy atom. The molecule has 0 unspecified atom stereocenters. The number of rotatable bonds is 6. The summed E-state index contributed by atoms with van der Waals surface area (Å²) in [5, 5.41) is 20.2. The normalized spacial score (nSPS) is 11.6. The Morgan fingerprint density at radius 3 is 1.96 bits per heavy atom. The minimum absolute atomic E-state index is 0.0369. The lowest BCUT2D eigenvalue weighted by atomic mass is 10.0. The van der Waals surface area contributed by atoms with Gasteiger partial charge in [0.25, 0.3) is 5.91 Å². The fourth-order valence-corrected chi connectivity index (χ4v) is 2.15. The van der Waals surface area contributed by atoms with Gasteiger partial charge in [-0.05, 0) is 29.8 Å². The van der Waals surface area contributed by atoms with Gasteiger partial charge in [-0.2, -0.15) is 0 Å². The molecule has 0 aliphatic heterocycles. The first-order valence-electron chi connectivity index (χ1n) is 7.08. The van der Waals surface area contributed by atoms with Gasteiger partial charge in [-0.25, -0.2) is 18.4 Å². The van der Waals surface area contributed by atoms with E-state index in [4.69, 9.17) is 5.11 Å². The van der Waals surface area contributed by atoms with Crippen molar-refractivity contribution in [1.29, 1.82) is 0 Å². The number of hydrogen-bond donors (Lipinski definition) is 3. The number of carboxylic acid groups (broad SMARTS) is 2. The Balaban J connectivity index is 2.13. The quantitative estimate of drug-likeness (QED) is 0.741. The molecule has 0 fully saturated rings. The molecule has 0 spiro atoms. The average Bonchev–Trinajstić information content (AvgIpc) is 2.53. The third-order valence-electron chi connectivity index (χ3n) is 3.37. The number of carbonyl (C=O) groups is 3. The van der Waals surface area contributed by atoms with Gasteiger partial charge in [0.05, 0.1) is 5.56 Å². The van der Waals surface area contributed by atoms with Crippen molar-refractivity contribution in [2.75, 3.05) is 0 Å². The lowest BCUT2D eigenvalue weighted by Crippen LogP contribution is -2.42. The molecule has 2 aromatic rings. The molecule has 0 saturated heterocycles. The zero-order valence-electron chi connectivity index (χ0n) is 12.7. The summed E-state index contributed by atoms with van der Waals surface area (Å²) in [5.74, 6) is -5.31. The van der Waals surface area contributed by atoms with Gasteiger partial charge < -0.3 is 15.5 Å². The van der Waals surface area contributed by atoms with E-state index in [1.807, 2.05) is 0 Å². The number of hydrogen-bond acceptors (Lipinski definition) is 3. The molecule has 1 amide bonds. The van der Waals surface area contributed by atoms with E-state index in [1.165, 1.54) is 24.3 Å². The number of carbonyl (C=O) groups excluding carboxylic acids is 1. The lowest BCUT2D eigenvalue weighted by Gasteiger charge is -2.15. The highest BCUT2D eigenvalue weighted by Gasteiger charge is 2.22.